The lowest BCUT2D eigenvalue weighted by atomic mass is 10.4. The van der Waals surface area contributed by atoms with E-state index >= 15 is 0 Å². The van der Waals surface area contributed by atoms with Gasteiger partial charge in [-0.2, -0.15) is 10.5 Å². The highest BCUT2D eigenvalue weighted by Gasteiger charge is 1.90. The summed E-state index contributed by atoms with van der Waals surface area (Å²) in [6, 6.07) is 10.9. The van der Waals surface area contributed by atoms with Crippen molar-refractivity contribution in [3.63, 3.8) is 0 Å². The van der Waals surface area contributed by atoms with Crippen LogP contribution in [0.4, 0.5) is 0 Å². The van der Waals surface area contributed by atoms with E-state index in [1.54, 1.807) is 42.4 Å². The van der Waals surface area contributed by atoms with Crippen LogP contribution in [0.2, 0.25) is 0 Å². The van der Waals surface area contributed by atoms with Gasteiger partial charge in [-0.25, -0.2) is 9.97 Å². The van der Waals surface area contributed by atoms with Gasteiger partial charge >= 0.3 is 0 Å². The van der Waals surface area contributed by atoms with E-state index in [9.17, 15) is 0 Å². The summed E-state index contributed by atoms with van der Waals surface area (Å²) in [6.45, 7) is 0. The Balaban J connectivity index is 0.000000191. The summed E-state index contributed by atoms with van der Waals surface area (Å²) >= 11 is 4.82. The first kappa shape index (κ1) is 15.2. The molecule has 0 saturated carbocycles. The Bertz CT molecular complexity index is 597. The third-order valence-electron chi connectivity index (χ3n) is 1.93. The zero-order valence-corrected chi connectivity index (χ0v) is 12.4. The van der Waals surface area contributed by atoms with Gasteiger partial charge in [-0.15, -0.1) is 11.8 Å². The lowest BCUT2D eigenvalue weighted by Crippen LogP contribution is -1.79. The fraction of sp³-hybridized carbons (Fsp3) is 0.0769. The maximum absolute atomic E-state index is 8.38. The summed E-state index contributed by atoms with van der Waals surface area (Å²) in [5.41, 5.74) is 0.913. The van der Waals surface area contributed by atoms with Crippen LogP contribution in [-0.2, 0) is 0 Å². The van der Waals surface area contributed by atoms with Crippen LogP contribution in [0.15, 0.2) is 46.0 Å². The summed E-state index contributed by atoms with van der Waals surface area (Å²) < 4.78 is 0.890. The zero-order valence-electron chi connectivity index (χ0n) is 10.0. The number of rotatable bonds is 1. The number of halogens is 1. The predicted molar refractivity (Wildman–Crippen MR) is 77.4 cm³/mol. The highest BCUT2D eigenvalue weighted by Crippen LogP contribution is 2.11. The summed E-state index contributed by atoms with van der Waals surface area (Å²) in [4.78, 5) is 8.76. The third kappa shape index (κ3) is 5.52. The van der Waals surface area contributed by atoms with Gasteiger partial charge in [0.15, 0.2) is 0 Å². The highest BCUT2D eigenvalue weighted by molar-refractivity contribution is 9.10. The SMILES string of the molecule is CSc1ccc(C#N)nc1.N#Cc1ccc(Br)cn1. The minimum Gasteiger partial charge on any atom is -0.244 e. The van der Waals surface area contributed by atoms with Crippen LogP contribution < -0.4 is 0 Å². The van der Waals surface area contributed by atoms with E-state index in [-0.39, 0.29) is 0 Å². The lowest BCUT2D eigenvalue weighted by molar-refractivity contribution is 1.20. The van der Waals surface area contributed by atoms with Crippen molar-refractivity contribution in [3.8, 4) is 12.1 Å². The summed E-state index contributed by atoms with van der Waals surface area (Å²) in [7, 11) is 0. The largest absolute Gasteiger partial charge is 0.244 e. The van der Waals surface area contributed by atoms with Gasteiger partial charge < -0.3 is 0 Å². The van der Waals surface area contributed by atoms with E-state index in [1.807, 2.05) is 24.5 Å². The van der Waals surface area contributed by atoms with Gasteiger partial charge in [-0.05, 0) is 46.5 Å². The first-order valence-electron chi connectivity index (χ1n) is 5.11. The zero-order chi connectivity index (χ0) is 14.1. The van der Waals surface area contributed by atoms with E-state index in [0.717, 1.165) is 9.37 Å². The normalized spacial score (nSPS) is 8.63. The Kier molecular flexibility index (Phi) is 6.59. The van der Waals surface area contributed by atoms with E-state index < -0.39 is 0 Å². The van der Waals surface area contributed by atoms with Crippen LogP contribution in [-0.4, -0.2) is 16.2 Å². The molecule has 2 aromatic rings. The molecule has 0 atom stereocenters. The van der Waals surface area contributed by atoms with Crippen molar-refractivity contribution in [2.45, 2.75) is 4.90 Å². The molecule has 0 aliphatic heterocycles. The molecule has 0 amide bonds. The van der Waals surface area contributed by atoms with Crippen molar-refractivity contribution in [3.05, 3.63) is 52.5 Å². The average Bonchev–Trinajstić information content (AvgIpc) is 2.49. The topological polar surface area (TPSA) is 73.4 Å². The van der Waals surface area contributed by atoms with Crippen LogP contribution in [0.1, 0.15) is 11.4 Å². The van der Waals surface area contributed by atoms with E-state index in [0.29, 0.717) is 11.4 Å². The molecule has 19 heavy (non-hydrogen) atoms. The number of pyridine rings is 2. The molecule has 94 valence electrons. The van der Waals surface area contributed by atoms with Crippen molar-refractivity contribution >= 4 is 27.7 Å². The van der Waals surface area contributed by atoms with Gasteiger partial charge in [0.25, 0.3) is 0 Å². The molecule has 0 saturated heterocycles. The number of aromatic nitrogens is 2. The number of hydrogen-bond donors (Lipinski definition) is 0. The minimum absolute atomic E-state index is 0.443. The molecule has 6 heteroatoms. The number of nitrogens with zero attached hydrogens (tertiary/aromatic N) is 4. The first-order chi connectivity index (χ1) is 9.19. The predicted octanol–water partition coefficient (Wildman–Crippen LogP) is 3.39. The quantitative estimate of drug-likeness (QED) is 0.748. The van der Waals surface area contributed by atoms with Gasteiger partial charge in [-0.1, -0.05) is 0 Å². The molecule has 2 aromatic heterocycles. The molecule has 0 aromatic carbocycles. The summed E-state index contributed by atoms with van der Waals surface area (Å²) in [5, 5.41) is 16.7. The van der Waals surface area contributed by atoms with Crippen LogP contribution >= 0.6 is 27.7 Å². The average molecular weight is 333 g/mol. The molecule has 0 fully saturated rings. The fourth-order valence-corrected chi connectivity index (χ4v) is 1.61. The van der Waals surface area contributed by atoms with Gasteiger partial charge in [0.05, 0.1) is 0 Å². The smallest absolute Gasteiger partial charge is 0.140 e. The molecule has 0 radical (unpaired) electrons. The number of thioether (sulfide) groups is 1. The molecule has 0 aliphatic carbocycles. The maximum Gasteiger partial charge on any atom is 0.140 e. The van der Waals surface area contributed by atoms with E-state index in [1.165, 1.54) is 0 Å². The molecule has 0 bridgehead atoms. The monoisotopic (exact) mass is 332 g/mol. The second kappa shape index (κ2) is 8.25. The Morgan fingerprint density at radius 1 is 1.00 bits per heavy atom. The number of nitriles is 2. The lowest BCUT2D eigenvalue weighted by Gasteiger charge is -1.91. The van der Waals surface area contributed by atoms with Gasteiger partial charge in [0.2, 0.25) is 0 Å². The molecule has 2 heterocycles. The Morgan fingerprint density at radius 3 is 1.95 bits per heavy atom. The van der Waals surface area contributed by atoms with Crippen molar-refractivity contribution < 1.29 is 0 Å². The molecule has 2 rings (SSSR count). The second-order valence-electron chi connectivity index (χ2n) is 3.17. The fourth-order valence-electron chi connectivity index (χ4n) is 1.01. The molecule has 4 nitrogen and oxygen atoms in total. The van der Waals surface area contributed by atoms with Gasteiger partial charge in [0, 0.05) is 21.8 Å². The summed E-state index contributed by atoms with van der Waals surface area (Å²) in [5.74, 6) is 0. The minimum atomic E-state index is 0.443. The first-order valence-corrected chi connectivity index (χ1v) is 7.13. The molecular weight excluding hydrogens is 324 g/mol. The van der Waals surface area contributed by atoms with Gasteiger partial charge in [-0.3, -0.25) is 0 Å². The standard InChI is InChI=1S/C7H6N2S.C6H3BrN2/c1-10-7-3-2-6(4-8)9-5-7;7-5-1-2-6(3-8)9-4-5/h2-3,5H,1H3;1-2,4H. The van der Waals surface area contributed by atoms with Crippen LogP contribution in [0.25, 0.3) is 0 Å². The second-order valence-corrected chi connectivity index (χ2v) is 4.96. The molecule has 0 spiro atoms. The van der Waals surface area contributed by atoms with Crippen LogP contribution in [0.3, 0.4) is 0 Å². The maximum atomic E-state index is 8.38. The van der Waals surface area contributed by atoms with Gasteiger partial charge in [0.1, 0.15) is 23.5 Å². The van der Waals surface area contributed by atoms with Crippen LogP contribution in [0.5, 0.6) is 0 Å². The van der Waals surface area contributed by atoms with Crippen LogP contribution in [0, 0.1) is 22.7 Å². The van der Waals surface area contributed by atoms with Crippen molar-refractivity contribution in [2.24, 2.45) is 0 Å². The Labute approximate surface area is 124 Å². The van der Waals surface area contributed by atoms with Crippen molar-refractivity contribution in [2.75, 3.05) is 6.26 Å². The molecule has 0 N–H and O–H groups in total. The van der Waals surface area contributed by atoms with E-state index in [4.69, 9.17) is 10.5 Å². The Morgan fingerprint density at radius 2 is 1.58 bits per heavy atom. The number of hydrogen-bond acceptors (Lipinski definition) is 5. The molecule has 0 aliphatic rings. The third-order valence-corrected chi connectivity index (χ3v) is 3.11. The van der Waals surface area contributed by atoms with Crippen molar-refractivity contribution in [1.29, 1.82) is 10.5 Å². The summed E-state index contributed by atoms with van der Waals surface area (Å²) in [6.07, 6.45) is 5.27. The van der Waals surface area contributed by atoms with E-state index in [2.05, 4.69) is 25.9 Å². The Hall–Kier alpha value is -1.89. The highest BCUT2D eigenvalue weighted by atomic mass is 79.9. The molecular formula is C13H9BrN4S. The van der Waals surface area contributed by atoms with Crippen molar-refractivity contribution in [1.82, 2.24) is 9.97 Å². The molecule has 0 unspecified atom stereocenters.